The van der Waals surface area contributed by atoms with Gasteiger partial charge in [-0.1, -0.05) is 6.07 Å². The van der Waals surface area contributed by atoms with Gasteiger partial charge in [-0.25, -0.2) is 9.59 Å². The van der Waals surface area contributed by atoms with Crippen molar-refractivity contribution in [1.82, 2.24) is 4.90 Å². The molecular weight excluding hydrogens is 272 g/mol. The monoisotopic (exact) mass is 292 g/mol. The van der Waals surface area contributed by atoms with Gasteiger partial charge in [0.05, 0.1) is 5.56 Å². The van der Waals surface area contributed by atoms with E-state index >= 15 is 0 Å². The van der Waals surface area contributed by atoms with Crippen LogP contribution < -0.4 is 5.32 Å². The Morgan fingerprint density at radius 3 is 2.86 bits per heavy atom. The average molecular weight is 292 g/mol. The zero-order valence-corrected chi connectivity index (χ0v) is 12.0. The van der Waals surface area contributed by atoms with E-state index in [4.69, 9.17) is 10.2 Å². The van der Waals surface area contributed by atoms with Crippen LogP contribution in [0.15, 0.2) is 18.2 Å². The number of nitrogens with zero attached hydrogens (tertiary/aromatic N) is 1. The van der Waals surface area contributed by atoms with Gasteiger partial charge in [0, 0.05) is 25.4 Å². The van der Waals surface area contributed by atoms with E-state index in [1.807, 2.05) is 0 Å². The molecule has 1 aromatic carbocycles. The summed E-state index contributed by atoms with van der Waals surface area (Å²) in [5, 5.41) is 20.8. The summed E-state index contributed by atoms with van der Waals surface area (Å²) in [4.78, 5) is 25.0. The van der Waals surface area contributed by atoms with Crippen LogP contribution in [0.25, 0.3) is 0 Å². The summed E-state index contributed by atoms with van der Waals surface area (Å²) in [6.45, 7) is 3.11. The first-order valence-electron chi connectivity index (χ1n) is 7.02. The Labute approximate surface area is 123 Å². The molecule has 21 heavy (non-hydrogen) atoms. The van der Waals surface area contributed by atoms with E-state index in [0.717, 1.165) is 6.42 Å². The molecule has 114 valence electrons. The second-order valence-corrected chi connectivity index (χ2v) is 5.33. The summed E-state index contributed by atoms with van der Waals surface area (Å²) in [5.74, 6) is -0.667. The first-order valence-corrected chi connectivity index (χ1v) is 7.02. The smallest absolute Gasteiger partial charge is 0.336 e. The number of urea groups is 1. The maximum atomic E-state index is 12.2. The highest BCUT2D eigenvalue weighted by molar-refractivity contribution is 5.95. The zero-order valence-electron chi connectivity index (χ0n) is 12.0. The van der Waals surface area contributed by atoms with E-state index in [0.29, 0.717) is 36.7 Å². The Balaban J connectivity index is 2.04. The van der Waals surface area contributed by atoms with Gasteiger partial charge < -0.3 is 20.4 Å². The molecule has 1 aliphatic rings. The number of hydrogen-bond donors (Lipinski definition) is 3. The number of anilines is 1. The lowest BCUT2D eigenvalue weighted by atomic mass is 10.1. The number of aliphatic hydroxyl groups is 1. The minimum absolute atomic E-state index is 0.139. The molecule has 0 aromatic heterocycles. The molecule has 0 radical (unpaired) electrons. The van der Waals surface area contributed by atoms with Crippen LogP contribution in [0.5, 0.6) is 0 Å². The lowest BCUT2D eigenvalue weighted by molar-refractivity contribution is 0.0696. The van der Waals surface area contributed by atoms with Crippen molar-refractivity contribution in [2.45, 2.75) is 19.8 Å². The van der Waals surface area contributed by atoms with Crippen LogP contribution in [0.3, 0.4) is 0 Å². The van der Waals surface area contributed by atoms with Crippen LogP contribution in [0.2, 0.25) is 0 Å². The molecule has 6 nitrogen and oxygen atoms in total. The van der Waals surface area contributed by atoms with Crippen molar-refractivity contribution < 1.29 is 19.8 Å². The molecule has 2 amide bonds. The van der Waals surface area contributed by atoms with Crippen molar-refractivity contribution in [1.29, 1.82) is 0 Å². The van der Waals surface area contributed by atoms with Gasteiger partial charge in [-0.3, -0.25) is 0 Å². The zero-order chi connectivity index (χ0) is 15.4. The minimum Gasteiger partial charge on any atom is -0.478 e. The topological polar surface area (TPSA) is 89.9 Å². The van der Waals surface area contributed by atoms with Gasteiger partial charge in [0.25, 0.3) is 0 Å². The number of aliphatic hydroxyl groups excluding tert-OH is 1. The summed E-state index contributed by atoms with van der Waals surface area (Å²) in [5.41, 5.74) is 1.25. The van der Waals surface area contributed by atoms with E-state index in [1.54, 1.807) is 24.0 Å². The highest BCUT2D eigenvalue weighted by Crippen LogP contribution is 2.22. The Morgan fingerprint density at radius 1 is 1.43 bits per heavy atom. The number of rotatable bonds is 4. The summed E-state index contributed by atoms with van der Waals surface area (Å²) in [7, 11) is 0. The molecule has 1 aliphatic heterocycles. The lowest BCUT2D eigenvalue weighted by Crippen LogP contribution is -2.33. The number of carbonyl (C=O) groups excluding carboxylic acids is 1. The van der Waals surface area contributed by atoms with Gasteiger partial charge >= 0.3 is 12.0 Å². The largest absolute Gasteiger partial charge is 0.478 e. The first kappa shape index (κ1) is 15.3. The fraction of sp³-hybridized carbons (Fsp3) is 0.467. The van der Waals surface area contributed by atoms with Crippen LogP contribution in [-0.2, 0) is 0 Å². The summed E-state index contributed by atoms with van der Waals surface area (Å²) in [6, 6.07) is 4.60. The number of amides is 2. The van der Waals surface area contributed by atoms with Gasteiger partial charge in [0.1, 0.15) is 0 Å². The summed E-state index contributed by atoms with van der Waals surface area (Å²) in [6.07, 6.45) is 1.60. The third kappa shape index (κ3) is 3.52. The number of carboxylic acids is 1. The molecule has 1 unspecified atom stereocenters. The standard InChI is InChI=1S/C15H20N2O4/c1-10-12(14(19)20)3-2-4-13(10)16-15(21)17-7-5-11(9-17)6-8-18/h2-4,11,18H,5-9H2,1H3,(H,16,21)(H,19,20). The van der Waals surface area contributed by atoms with Crippen LogP contribution in [0.4, 0.5) is 10.5 Å². The predicted molar refractivity (Wildman–Crippen MR) is 78.5 cm³/mol. The molecule has 0 bridgehead atoms. The molecule has 3 N–H and O–H groups in total. The van der Waals surface area contributed by atoms with Crippen molar-refractivity contribution in [2.75, 3.05) is 25.0 Å². The summed E-state index contributed by atoms with van der Waals surface area (Å²) < 4.78 is 0. The van der Waals surface area contributed by atoms with Crippen molar-refractivity contribution >= 4 is 17.7 Å². The number of nitrogens with one attached hydrogen (secondary N) is 1. The quantitative estimate of drug-likeness (QED) is 0.791. The number of aromatic carboxylic acids is 1. The SMILES string of the molecule is Cc1c(NC(=O)N2CCC(CCO)C2)cccc1C(=O)O. The number of hydrogen-bond acceptors (Lipinski definition) is 3. The first-order chi connectivity index (χ1) is 10.0. The molecule has 0 spiro atoms. The predicted octanol–water partition coefficient (Wildman–Crippen LogP) is 1.93. The van der Waals surface area contributed by atoms with Crippen LogP contribution in [0.1, 0.15) is 28.8 Å². The third-order valence-electron chi connectivity index (χ3n) is 3.92. The van der Waals surface area contributed by atoms with Crippen LogP contribution in [-0.4, -0.2) is 46.8 Å². The van der Waals surface area contributed by atoms with Gasteiger partial charge in [0.2, 0.25) is 0 Å². The van der Waals surface area contributed by atoms with Gasteiger partial charge in [-0.15, -0.1) is 0 Å². The van der Waals surface area contributed by atoms with E-state index < -0.39 is 5.97 Å². The normalized spacial score (nSPS) is 17.8. The Bertz CT molecular complexity index is 544. The van der Waals surface area contributed by atoms with E-state index in [-0.39, 0.29) is 18.2 Å². The maximum absolute atomic E-state index is 12.2. The molecule has 1 saturated heterocycles. The lowest BCUT2D eigenvalue weighted by Gasteiger charge is -2.18. The van der Waals surface area contributed by atoms with Gasteiger partial charge in [0.15, 0.2) is 0 Å². The Hall–Kier alpha value is -2.08. The van der Waals surface area contributed by atoms with E-state index in [9.17, 15) is 9.59 Å². The second-order valence-electron chi connectivity index (χ2n) is 5.33. The average Bonchev–Trinajstić information content (AvgIpc) is 2.90. The van der Waals surface area contributed by atoms with Crippen molar-refractivity contribution in [3.05, 3.63) is 29.3 Å². The molecule has 1 aromatic rings. The number of carbonyl (C=O) groups is 2. The molecule has 1 atom stereocenters. The van der Waals surface area contributed by atoms with Gasteiger partial charge in [-0.05, 0) is 43.4 Å². The van der Waals surface area contributed by atoms with Crippen LogP contribution in [0, 0.1) is 12.8 Å². The fourth-order valence-electron chi connectivity index (χ4n) is 2.63. The van der Waals surface area contributed by atoms with Crippen molar-refractivity contribution in [3.8, 4) is 0 Å². The van der Waals surface area contributed by atoms with E-state index in [1.165, 1.54) is 6.07 Å². The van der Waals surface area contributed by atoms with Crippen LogP contribution >= 0.6 is 0 Å². The highest BCUT2D eigenvalue weighted by Gasteiger charge is 2.26. The molecular formula is C15H20N2O4. The molecule has 6 heteroatoms. The Morgan fingerprint density at radius 2 is 2.19 bits per heavy atom. The molecule has 2 rings (SSSR count). The van der Waals surface area contributed by atoms with E-state index in [2.05, 4.69) is 5.32 Å². The number of likely N-dealkylation sites (tertiary alicyclic amines) is 1. The maximum Gasteiger partial charge on any atom is 0.336 e. The minimum atomic E-state index is -1.01. The molecule has 0 saturated carbocycles. The second kappa shape index (κ2) is 6.58. The van der Waals surface area contributed by atoms with Gasteiger partial charge in [-0.2, -0.15) is 0 Å². The molecule has 0 aliphatic carbocycles. The Kier molecular flexibility index (Phi) is 4.80. The summed E-state index contributed by atoms with van der Waals surface area (Å²) >= 11 is 0. The fourth-order valence-corrected chi connectivity index (χ4v) is 2.63. The highest BCUT2D eigenvalue weighted by atomic mass is 16.4. The number of carboxylic acid groups (broad SMARTS) is 1. The number of benzene rings is 1. The molecule has 1 fully saturated rings. The molecule has 1 heterocycles. The van der Waals surface area contributed by atoms with Crippen molar-refractivity contribution in [2.24, 2.45) is 5.92 Å². The third-order valence-corrected chi connectivity index (χ3v) is 3.92. The van der Waals surface area contributed by atoms with Crippen molar-refractivity contribution in [3.63, 3.8) is 0 Å².